The number of nitrogens with one attached hydrogen (secondary N) is 1. The van der Waals surface area contributed by atoms with E-state index in [2.05, 4.69) is 26.1 Å². The van der Waals surface area contributed by atoms with Crippen LogP contribution < -0.4 is 5.32 Å². The largest absolute Gasteiger partial charge is 0.312 e. The number of benzene rings is 1. The highest BCUT2D eigenvalue weighted by Crippen LogP contribution is 2.23. The molecule has 1 rings (SSSR count). The molecule has 1 aromatic carbocycles. The third-order valence-electron chi connectivity index (χ3n) is 2.21. The number of nitrogens with zero attached hydrogens (tertiary/aromatic N) is 1. The molecule has 0 saturated heterocycles. The molecular formula is C12H17ClN2O2. The SMILES string of the molecule is CC(C)(C)CNCc1ccc(Cl)cc1[N+](=O)[O-]. The van der Waals surface area contributed by atoms with Gasteiger partial charge in [-0.3, -0.25) is 10.1 Å². The Bertz CT molecular complexity index is 413. The van der Waals surface area contributed by atoms with Crippen LogP contribution in [0.5, 0.6) is 0 Å². The van der Waals surface area contributed by atoms with Crippen LogP contribution in [0.2, 0.25) is 5.02 Å². The van der Waals surface area contributed by atoms with Crippen LogP contribution in [0.15, 0.2) is 18.2 Å². The van der Waals surface area contributed by atoms with E-state index < -0.39 is 4.92 Å². The van der Waals surface area contributed by atoms with E-state index in [1.807, 2.05) is 0 Å². The van der Waals surface area contributed by atoms with Gasteiger partial charge in [-0.25, -0.2) is 0 Å². The Balaban J connectivity index is 2.74. The summed E-state index contributed by atoms with van der Waals surface area (Å²) >= 11 is 5.74. The predicted molar refractivity (Wildman–Crippen MR) is 69.3 cm³/mol. The van der Waals surface area contributed by atoms with E-state index in [1.165, 1.54) is 6.07 Å². The van der Waals surface area contributed by atoms with E-state index in [4.69, 9.17) is 11.6 Å². The Labute approximate surface area is 106 Å². The van der Waals surface area contributed by atoms with Gasteiger partial charge in [-0.15, -0.1) is 0 Å². The topological polar surface area (TPSA) is 55.2 Å². The summed E-state index contributed by atoms with van der Waals surface area (Å²) in [7, 11) is 0. The molecule has 0 aliphatic carbocycles. The van der Waals surface area contributed by atoms with Crippen molar-refractivity contribution in [2.24, 2.45) is 5.41 Å². The Morgan fingerprint density at radius 1 is 1.41 bits per heavy atom. The summed E-state index contributed by atoms with van der Waals surface area (Å²) < 4.78 is 0. The Kier molecular flexibility index (Phi) is 4.48. The van der Waals surface area contributed by atoms with Crippen molar-refractivity contribution in [3.8, 4) is 0 Å². The Hall–Kier alpha value is -1.13. The van der Waals surface area contributed by atoms with Crippen LogP contribution in [0.3, 0.4) is 0 Å². The molecule has 0 heterocycles. The fourth-order valence-corrected chi connectivity index (χ4v) is 1.59. The minimum absolute atomic E-state index is 0.0684. The Morgan fingerprint density at radius 3 is 2.59 bits per heavy atom. The molecule has 1 N–H and O–H groups in total. The number of hydrogen-bond donors (Lipinski definition) is 1. The molecule has 0 bridgehead atoms. The maximum atomic E-state index is 10.9. The van der Waals surface area contributed by atoms with Gasteiger partial charge in [0.2, 0.25) is 0 Å². The van der Waals surface area contributed by atoms with Crippen LogP contribution in [0.4, 0.5) is 5.69 Å². The number of halogens is 1. The van der Waals surface area contributed by atoms with Crippen molar-refractivity contribution in [2.45, 2.75) is 27.3 Å². The van der Waals surface area contributed by atoms with Crippen molar-refractivity contribution < 1.29 is 4.92 Å². The summed E-state index contributed by atoms with van der Waals surface area (Å²) in [5.74, 6) is 0. The van der Waals surface area contributed by atoms with Gasteiger partial charge in [0.25, 0.3) is 5.69 Å². The lowest BCUT2D eigenvalue weighted by Gasteiger charge is -2.18. The Morgan fingerprint density at radius 2 is 2.06 bits per heavy atom. The summed E-state index contributed by atoms with van der Waals surface area (Å²) in [6.45, 7) is 7.60. The fraction of sp³-hybridized carbons (Fsp3) is 0.500. The van der Waals surface area contributed by atoms with Crippen LogP contribution in [0.1, 0.15) is 26.3 Å². The number of nitro groups is 1. The summed E-state index contributed by atoms with van der Waals surface area (Å²) in [5, 5.41) is 14.4. The number of nitro benzene ring substituents is 1. The van der Waals surface area contributed by atoms with E-state index in [0.29, 0.717) is 17.1 Å². The van der Waals surface area contributed by atoms with Crippen LogP contribution in [0.25, 0.3) is 0 Å². The molecule has 1 aromatic rings. The van der Waals surface area contributed by atoms with Gasteiger partial charge in [0.15, 0.2) is 0 Å². The van der Waals surface area contributed by atoms with Crippen molar-refractivity contribution in [2.75, 3.05) is 6.54 Å². The predicted octanol–water partition coefficient (Wildman–Crippen LogP) is 3.38. The molecule has 0 amide bonds. The van der Waals surface area contributed by atoms with E-state index >= 15 is 0 Å². The van der Waals surface area contributed by atoms with Gasteiger partial charge < -0.3 is 5.32 Å². The molecule has 0 aliphatic rings. The molecule has 0 unspecified atom stereocenters. The molecule has 0 fully saturated rings. The summed E-state index contributed by atoms with van der Waals surface area (Å²) in [5.41, 5.74) is 0.879. The van der Waals surface area contributed by atoms with Gasteiger partial charge >= 0.3 is 0 Å². The first-order valence-electron chi connectivity index (χ1n) is 5.43. The van der Waals surface area contributed by atoms with Crippen molar-refractivity contribution >= 4 is 17.3 Å². The van der Waals surface area contributed by atoms with Crippen LogP contribution >= 0.6 is 11.6 Å². The highest BCUT2D eigenvalue weighted by atomic mass is 35.5. The quantitative estimate of drug-likeness (QED) is 0.664. The van der Waals surface area contributed by atoms with E-state index in [0.717, 1.165) is 6.54 Å². The van der Waals surface area contributed by atoms with Crippen molar-refractivity contribution in [3.05, 3.63) is 38.9 Å². The minimum Gasteiger partial charge on any atom is -0.312 e. The second-order valence-electron chi connectivity index (χ2n) is 5.19. The first-order chi connectivity index (χ1) is 7.79. The zero-order valence-electron chi connectivity index (χ0n) is 10.3. The molecule has 0 saturated carbocycles. The molecule has 0 atom stereocenters. The summed E-state index contributed by atoms with van der Waals surface area (Å²) in [6.07, 6.45) is 0. The van der Waals surface area contributed by atoms with Crippen LogP contribution in [-0.2, 0) is 6.54 Å². The lowest BCUT2D eigenvalue weighted by molar-refractivity contribution is -0.385. The molecule has 0 aliphatic heterocycles. The maximum absolute atomic E-state index is 10.9. The van der Waals surface area contributed by atoms with Gasteiger partial charge in [0, 0.05) is 29.7 Å². The lowest BCUT2D eigenvalue weighted by atomic mass is 9.97. The first-order valence-corrected chi connectivity index (χ1v) is 5.81. The van der Waals surface area contributed by atoms with Crippen molar-refractivity contribution in [1.29, 1.82) is 0 Å². The molecule has 94 valence electrons. The number of hydrogen-bond acceptors (Lipinski definition) is 3. The van der Waals surface area contributed by atoms with Gasteiger partial charge in [-0.2, -0.15) is 0 Å². The second kappa shape index (κ2) is 5.47. The molecule has 0 radical (unpaired) electrons. The maximum Gasteiger partial charge on any atom is 0.275 e. The molecular weight excluding hydrogens is 240 g/mol. The summed E-state index contributed by atoms with van der Waals surface area (Å²) in [6, 6.07) is 4.74. The highest BCUT2D eigenvalue weighted by molar-refractivity contribution is 6.30. The second-order valence-corrected chi connectivity index (χ2v) is 5.63. The van der Waals surface area contributed by atoms with Gasteiger partial charge in [-0.05, 0) is 17.5 Å². The molecule has 0 aromatic heterocycles. The van der Waals surface area contributed by atoms with E-state index in [1.54, 1.807) is 12.1 Å². The smallest absolute Gasteiger partial charge is 0.275 e. The third-order valence-corrected chi connectivity index (χ3v) is 2.45. The standard InChI is InChI=1S/C12H17ClN2O2/c1-12(2,3)8-14-7-9-4-5-10(13)6-11(9)15(16)17/h4-6,14H,7-8H2,1-3H3. The van der Waals surface area contributed by atoms with Crippen molar-refractivity contribution in [1.82, 2.24) is 5.32 Å². The average Bonchev–Trinajstić information content (AvgIpc) is 2.18. The third kappa shape index (κ3) is 4.71. The first kappa shape index (κ1) is 13.9. The van der Waals surface area contributed by atoms with Crippen molar-refractivity contribution in [3.63, 3.8) is 0 Å². The molecule has 17 heavy (non-hydrogen) atoms. The number of rotatable bonds is 4. The van der Waals surface area contributed by atoms with E-state index in [-0.39, 0.29) is 11.1 Å². The van der Waals surface area contributed by atoms with E-state index in [9.17, 15) is 10.1 Å². The van der Waals surface area contributed by atoms with Gasteiger partial charge in [-0.1, -0.05) is 32.4 Å². The monoisotopic (exact) mass is 256 g/mol. The lowest BCUT2D eigenvalue weighted by Crippen LogP contribution is -2.26. The van der Waals surface area contributed by atoms with Gasteiger partial charge in [0.05, 0.1) is 4.92 Å². The average molecular weight is 257 g/mol. The molecule has 0 spiro atoms. The highest BCUT2D eigenvalue weighted by Gasteiger charge is 2.15. The molecule has 4 nitrogen and oxygen atoms in total. The zero-order valence-corrected chi connectivity index (χ0v) is 11.0. The van der Waals surface area contributed by atoms with Crippen LogP contribution in [-0.4, -0.2) is 11.5 Å². The summed E-state index contributed by atoms with van der Waals surface area (Å²) in [4.78, 5) is 10.5. The molecule has 5 heteroatoms. The fourth-order valence-electron chi connectivity index (χ4n) is 1.43. The zero-order chi connectivity index (χ0) is 13.1. The minimum atomic E-state index is -0.403. The van der Waals surface area contributed by atoms with Gasteiger partial charge in [0.1, 0.15) is 0 Å². The van der Waals surface area contributed by atoms with Crippen LogP contribution in [0, 0.1) is 15.5 Å². The normalized spacial score (nSPS) is 11.5.